The van der Waals surface area contributed by atoms with Crippen molar-refractivity contribution in [2.45, 2.75) is 25.3 Å². The van der Waals surface area contributed by atoms with E-state index in [1.807, 2.05) is 12.1 Å². The summed E-state index contributed by atoms with van der Waals surface area (Å²) in [6.07, 6.45) is 9.73. The molecular weight excluding hydrogens is 318 g/mol. The molecule has 1 amide bonds. The van der Waals surface area contributed by atoms with Crippen LogP contribution >= 0.6 is 0 Å². The third-order valence-corrected chi connectivity index (χ3v) is 4.87. The lowest BCUT2D eigenvalue weighted by Crippen LogP contribution is -2.44. The van der Waals surface area contributed by atoms with E-state index in [4.69, 9.17) is 4.74 Å². The van der Waals surface area contributed by atoms with Crippen LogP contribution in [0.25, 0.3) is 0 Å². The Hall–Kier alpha value is -2.54. The molecule has 0 aromatic carbocycles. The summed E-state index contributed by atoms with van der Waals surface area (Å²) in [5.41, 5.74) is 0.882. The van der Waals surface area contributed by atoms with Crippen LogP contribution in [0.2, 0.25) is 0 Å². The minimum Gasteiger partial charge on any atom is -0.381 e. The third-order valence-electron chi connectivity index (χ3n) is 4.87. The molecule has 0 radical (unpaired) electrons. The Bertz CT molecular complexity index is 733. The van der Waals surface area contributed by atoms with Crippen LogP contribution in [0.1, 0.15) is 30.9 Å². The highest BCUT2D eigenvalue weighted by atomic mass is 16.5. The first-order valence-electron chi connectivity index (χ1n) is 8.69. The maximum atomic E-state index is 13.1. The van der Waals surface area contributed by atoms with Crippen LogP contribution in [-0.2, 0) is 9.53 Å². The molecule has 1 saturated heterocycles. The monoisotopic (exact) mass is 339 g/mol. The summed E-state index contributed by atoms with van der Waals surface area (Å²) in [5.74, 6) is 1.86. The first-order chi connectivity index (χ1) is 12.3. The molecule has 0 aliphatic carbocycles. The Morgan fingerprint density at radius 3 is 2.68 bits per heavy atom. The Morgan fingerprint density at radius 2 is 1.88 bits per heavy atom. The first kappa shape index (κ1) is 16.0. The molecule has 2 aromatic rings. The zero-order valence-corrected chi connectivity index (χ0v) is 14.0. The standard InChI is InChI=1S/C18H21N5O2/c24-18-15(14-1-6-19-7-2-14)22-16-17(21-9-8-20-16)23(18)10-3-13-4-11-25-12-5-13/h1-2,6-9,13,15H,3-5,10-12H2,(H,20,22). The largest absolute Gasteiger partial charge is 0.381 e. The number of ether oxygens (including phenoxy) is 1. The van der Waals surface area contributed by atoms with Gasteiger partial charge in [-0.15, -0.1) is 0 Å². The lowest BCUT2D eigenvalue weighted by Gasteiger charge is -2.34. The minimum absolute atomic E-state index is 0.00580. The molecule has 1 atom stereocenters. The Kier molecular flexibility index (Phi) is 4.56. The number of hydrogen-bond donors (Lipinski definition) is 1. The van der Waals surface area contributed by atoms with E-state index < -0.39 is 6.04 Å². The summed E-state index contributed by atoms with van der Waals surface area (Å²) in [6, 6.07) is 3.25. The fourth-order valence-electron chi connectivity index (χ4n) is 3.43. The van der Waals surface area contributed by atoms with Gasteiger partial charge in [0.05, 0.1) is 0 Å². The van der Waals surface area contributed by atoms with Gasteiger partial charge in [0.2, 0.25) is 0 Å². The third kappa shape index (κ3) is 3.32. The molecule has 0 spiro atoms. The van der Waals surface area contributed by atoms with E-state index in [0.717, 1.165) is 38.0 Å². The molecule has 1 fully saturated rings. The van der Waals surface area contributed by atoms with Crippen molar-refractivity contribution in [3.05, 3.63) is 42.5 Å². The van der Waals surface area contributed by atoms with Crippen molar-refractivity contribution in [2.75, 3.05) is 30.0 Å². The zero-order chi connectivity index (χ0) is 17.1. The van der Waals surface area contributed by atoms with Crippen molar-refractivity contribution < 1.29 is 9.53 Å². The molecule has 4 heterocycles. The predicted molar refractivity (Wildman–Crippen MR) is 93.1 cm³/mol. The van der Waals surface area contributed by atoms with Crippen LogP contribution in [0.5, 0.6) is 0 Å². The topological polar surface area (TPSA) is 80.2 Å². The maximum Gasteiger partial charge on any atom is 0.255 e. The highest BCUT2D eigenvalue weighted by Crippen LogP contribution is 2.34. The Balaban J connectivity index is 1.58. The van der Waals surface area contributed by atoms with Gasteiger partial charge in [0.15, 0.2) is 11.6 Å². The van der Waals surface area contributed by atoms with E-state index in [2.05, 4.69) is 20.3 Å². The van der Waals surface area contributed by atoms with E-state index in [0.29, 0.717) is 24.1 Å². The van der Waals surface area contributed by atoms with Crippen molar-refractivity contribution in [1.82, 2.24) is 15.0 Å². The van der Waals surface area contributed by atoms with Crippen molar-refractivity contribution >= 4 is 17.5 Å². The number of aromatic nitrogens is 3. The molecule has 2 aromatic heterocycles. The summed E-state index contributed by atoms with van der Waals surface area (Å²) in [4.78, 5) is 27.7. The van der Waals surface area contributed by atoms with E-state index in [1.54, 1.807) is 29.7 Å². The first-order valence-corrected chi connectivity index (χ1v) is 8.69. The van der Waals surface area contributed by atoms with Gasteiger partial charge >= 0.3 is 0 Å². The molecule has 1 N–H and O–H groups in total. The molecule has 1 unspecified atom stereocenters. The molecule has 4 rings (SSSR count). The van der Waals surface area contributed by atoms with E-state index >= 15 is 0 Å². The van der Waals surface area contributed by atoms with Gasteiger partial charge in [0.1, 0.15) is 6.04 Å². The van der Waals surface area contributed by atoms with Gasteiger partial charge in [-0.3, -0.25) is 14.7 Å². The number of nitrogens with zero attached hydrogens (tertiary/aromatic N) is 4. The highest BCUT2D eigenvalue weighted by molar-refractivity contribution is 6.03. The van der Waals surface area contributed by atoms with Crippen molar-refractivity contribution in [1.29, 1.82) is 0 Å². The van der Waals surface area contributed by atoms with E-state index in [-0.39, 0.29) is 5.91 Å². The molecule has 0 bridgehead atoms. The van der Waals surface area contributed by atoms with Gasteiger partial charge in [-0.2, -0.15) is 0 Å². The molecule has 7 nitrogen and oxygen atoms in total. The Morgan fingerprint density at radius 1 is 1.12 bits per heavy atom. The van der Waals surface area contributed by atoms with Crippen LogP contribution < -0.4 is 10.2 Å². The predicted octanol–water partition coefficient (Wildman–Crippen LogP) is 2.19. The number of nitrogens with one attached hydrogen (secondary N) is 1. The van der Waals surface area contributed by atoms with Gasteiger partial charge in [-0.25, -0.2) is 9.97 Å². The second-order valence-corrected chi connectivity index (χ2v) is 6.42. The SMILES string of the molecule is O=C1C(c2ccncc2)Nc2nccnc2N1CCC1CCOCC1. The number of hydrogen-bond acceptors (Lipinski definition) is 6. The highest BCUT2D eigenvalue weighted by Gasteiger charge is 2.35. The normalized spacial score (nSPS) is 20.9. The second kappa shape index (κ2) is 7.14. The van der Waals surface area contributed by atoms with E-state index in [9.17, 15) is 4.79 Å². The van der Waals surface area contributed by atoms with Crippen molar-refractivity contribution in [3.63, 3.8) is 0 Å². The van der Waals surface area contributed by atoms with E-state index in [1.165, 1.54) is 0 Å². The molecular formula is C18H21N5O2. The van der Waals surface area contributed by atoms with Crippen LogP contribution in [0, 0.1) is 5.92 Å². The summed E-state index contributed by atoms with van der Waals surface area (Å²) in [5, 5.41) is 3.22. The number of anilines is 2. The molecule has 25 heavy (non-hydrogen) atoms. The van der Waals surface area contributed by atoms with Crippen LogP contribution in [0.3, 0.4) is 0 Å². The summed E-state index contributed by atoms with van der Waals surface area (Å²) < 4.78 is 5.42. The average molecular weight is 339 g/mol. The van der Waals surface area contributed by atoms with Crippen LogP contribution in [-0.4, -0.2) is 40.6 Å². The summed E-state index contributed by atoms with van der Waals surface area (Å²) in [6.45, 7) is 2.28. The lowest BCUT2D eigenvalue weighted by atomic mass is 9.96. The maximum absolute atomic E-state index is 13.1. The average Bonchev–Trinajstić information content (AvgIpc) is 2.68. The summed E-state index contributed by atoms with van der Waals surface area (Å²) >= 11 is 0. The smallest absolute Gasteiger partial charge is 0.255 e. The fraction of sp³-hybridized carbons (Fsp3) is 0.444. The number of carbonyl (C=O) groups is 1. The van der Waals surface area contributed by atoms with Gasteiger partial charge in [-0.05, 0) is 42.9 Å². The lowest BCUT2D eigenvalue weighted by molar-refractivity contribution is -0.119. The quantitative estimate of drug-likeness (QED) is 0.920. The van der Waals surface area contributed by atoms with Gasteiger partial charge in [-0.1, -0.05) is 0 Å². The second-order valence-electron chi connectivity index (χ2n) is 6.42. The summed E-state index contributed by atoms with van der Waals surface area (Å²) in [7, 11) is 0. The van der Waals surface area contributed by atoms with Gasteiger partial charge in [0, 0.05) is 44.5 Å². The fourth-order valence-corrected chi connectivity index (χ4v) is 3.43. The number of carbonyl (C=O) groups excluding carboxylic acids is 1. The van der Waals surface area contributed by atoms with Crippen molar-refractivity contribution in [3.8, 4) is 0 Å². The van der Waals surface area contributed by atoms with Crippen LogP contribution in [0.4, 0.5) is 11.6 Å². The number of fused-ring (bicyclic) bond motifs is 1. The molecule has 0 saturated carbocycles. The Labute approximate surface area is 146 Å². The van der Waals surface area contributed by atoms with Gasteiger partial charge in [0.25, 0.3) is 5.91 Å². The number of amides is 1. The molecule has 2 aliphatic rings. The van der Waals surface area contributed by atoms with Gasteiger partial charge < -0.3 is 10.1 Å². The number of pyridine rings is 1. The van der Waals surface area contributed by atoms with Crippen LogP contribution in [0.15, 0.2) is 36.9 Å². The molecule has 2 aliphatic heterocycles. The molecule has 130 valence electrons. The number of rotatable bonds is 4. The zero-order valence-electron chi connectivity index (χ0n) is 14.0. The molecule has 7 heteroatoms. The van der Waals surface area contributed by atoms with Crippen molar-refractivity contribution in [2.24, 2.45) is 5.92 Å². The minimum atomic E-state index is -0.457.